The minimum atomic E-state index is -0.244. The summed E-state index contributed by atoms with van der Waals surface area (Å²) in [4.78, 5) is 25.9. The maximum atomic E-state index is 12.4. The van der Waals surface area contributed by atoms with Crippen molar-refractivity contribution in [1.29, 1.82) is 0 Å². The SMILES string of the molecule is CN(C)C(=O)c1ccc(NC(=O)c2ccc(-n3cccc3)cc2)cc1Cl. The first kappa shape index (κ1) is 17.8. The van der Waals surface area contributed by atoms with Crippen LogP contribution in [0.3, 0.4) is 0 Å². The highest BCUT2D eigenvalue weighted by Crippen LogP contribution is 2.22. The first-order valence-electron chi connectivity index (χ1n) is 8.01. The van der Waals surface area contributed by atoms with Gasteiger partial charge in [-0.25, -0.2) is 0 Å². The lowest BCUT2D eigenvalue weighted by atomic mass is 10.1. The Kier molecular flexibility index (Phi) is 5.09. The molecule has 0 aliphatic heterocycles. The van der Waals surface area contributed by atoms with Crippen LogP contribution in [-0.4, -0.2) is 35.4 Å². The van der Waals surface area contributed by atoms with E-state index in [0.29, 0.717) is 21.8 Å². The Labute approximate surface area is 156 Å². The van der Waals surface area contributed by atoms with Crippen LogP contribution in [0.2, 0.25) is 5.02 Å². The molecule has 5 nitrogen and oxygen atoms in total. The highest BCUT2D eigenvalue weighted by Gasteiger charge is 2.14. The van der Waals surface area contributed by atoms with Gasteiger partial charge in [0.1, 0.15) is 0 Å². The zero-order chi connectivity index (χ0) is 18.7. The van der Waals surface area contributed by atoms with Crippen LogP contribution in [-0.2, 0) is 0 Å². The van der Waals surface area contributed by atoms with Crippen LogP contribution >= 0.6 is 11.6 Å². The molecule has 0 fully saturated rings. The second kappa shape index (κ2) is 7.45. The largest absolute Gasteiger partial charge is 0.345 e. The summed E-state index contributed by atoms with van der Waals surface area (Å²) >= 11 is 6.17. The summed E-state index contributed by atoms with van der Waals surface area (Å²) in [5.41, 5.74) is 2.43. The predicted molar refractivity (Wildman–Crippen MR) is 103 cm³/mol. The lowest BCUT2D eigenvalue weighted by molar-refractivity contribution is 0.0827. The molecular weight excluding hydrogens is 350 g/mol. The summed E-state index contributed by atoms with van der Waals surface area (Å²) < 4.78 is 1.96. The van der Waals surface area contributed by atoms with Gasteiger partial charge >= 0.3 is 0 Å². The van der Waals surface area contributed by atoms with Crippen LogP contribution in [0, 0.1) is 0 Å². The number of amides is 2. The normalized spacial score (nSPS) is 10.4. The average molecular weight is 368 g/mol. The number of carbonyl (C=O) groups excluding carboxylic acids is 2. The van der Waals surface area contributed by atoms with Crippen molar-refractivity contribution >= 4 is 29.1 Å². The minimum Gasteiger partial charge on any atom is -0.345 e. The van der Waals surface area contributed by atoms with Crippen LogP contribution in [0.1, 0.15) is 20.7 Å². The van der Waals surface area contributed by atoms with Crippen LogP contribution in [0.4, 0.5) is 5.69 Å². The van der Waals surface area contributed by atoms with E-state index >= 15 is 0 Å². The first-order valence-corrected chi connectivity index (χ1v) is 8.39. The molecule has 6 heteroatoms. The van der Waals surface area contributed by atoms with Crippen LogP contribution in [0.15, 0.2) is 67.0 Å². The van der Waals surface area contributed by atoms with E-state index in [4.69, 9.17) is 11.6 Å². The Hall–Kier alpha value is -3.05. The summed E-state index contributed by atoms with van der Waals surface area (Å²) in [6.07, 6.45) is 3.88. The third-order valence-electron chi connectivity index (χ3n) is 3.90. The molecule has 0 unspecified atom stereocenters. The van der Waals surface area contributed by atoms with Crippen LogP contribution < -0.4 is 5.32 Å². The lowest BCUT2D eigenvalue weighted by Crippen LogP contribution is -2.22. The second-order valence-electron chi connectivity index (χ2n) is 5.99. The van der Waals surface area contributed by atoms with E-state index < -0.39 is 0 Å². The molecule has 132 valence electrons. The fraction of sp³-hybridized carbons (Fsp3) is 0.100. The molecule has 26 heavy (non-hydrogen) atoms. The van der Waals surface area contributed by atoms with E-state index in [-0.39, 0.29) is 11.8 Å². The second-order valence-corrected chi connectivity index (χ2v) is 6.39. The maximum Gasteiger partial charge on any atom is 0.255 e. The van der Waals surface area contributed by atoms with Gasteiger partial charge in [-0.05, 0) is 54.6 Å². The Bertz CT molecular complexity index is 932. The molecule has 3 rings (SSSR count). The van der Waals surface area contributed by atoms with E-state index in [1.54, 1.807) is 44.4 Å². The molecule has 0 bridgehead atoms. The van der Waals surface area contributed by atoms with Crippen LogP contribution in [0.25, 0.3) is 5.69 Å². The Balaban J connectivity index is 1.73. The van der Waals surface area contributed by atoms with E-state index in [1.807, 2.05) is 41.2 Å². The summed E-state index contributed by atoms with van der Waals surface area (Å²) in [5.74, 6) is -0.430. The molecule has 0 saturated heterocycles. The number of benzene rings is 2. The number of carbonyl (C=O) groups is 2. The summed E-state index contributed by atoms with van der Waals surface area (Å²) in [6.45, 7) is 0. The van der Waals surface area contributed by atoms with Gasteiger partial charge in [0.25, 0.3) is 11.8 Å². The molecule has 2 amide bonds. The van der Waals surface area contributed by atoms with Crippen molar-refractivity contribution in [2.24, 2.45) is 0 Å². The fourth-order valence-electron chi connectivity index (χ4n) is 2.50. The van der Waals surface area contributed by atoms with Gasteiger partial charge in [0.2, 0.25) is 0 Å². The highest BCUT2D eigenvalue weighted by atomic mass is 35.5. The van der Waals surface area contributed by atoms with Crippen LogP contribution in [0.5, 0.6) is 0 Å². The predicted octanol–water partition coefficient (Wildman–Crippen LogP) is 4.08. The maximum absolute atomic E-state index is 12.4. The summed E-state index contributed by atoms with van der Waals surface area (Å²) in [7, 11) is 3.32. The van der Waals surface area contributed by atoms with Gasteiger partial charge in [-0.1, -0.05) is 11.6 Å². The molecule has 0 aliphatic rings. The number of hydrogen-bond donors (Lipinski definition) is 1. The van der Waals surface area contributed by atoms with Gasteiger partial charge in [0.05, 0.1) is 10.6 Å². The van der Waals surface area contributed by atoms with Gasteiger partial charge in [-0.15, -0.1) is 0 Å². The third-order valence-corrected chi connectivity index (χ3v) is 4.21. The van der Waals surface area contributed by atoms with Gasteiger partial charge in [0.15, 0.2) is 0 Å². The van der Waals surface area contributed by atoms with Gasteiger partial charge < -0.3 is 14.8 Å². The van der Waals surface area contributed by atoms with Crippen molar-refractivity contribution in [1.82, 2.24) is 9.47 Å². The first-order chi connectivity index (χ1) is 12.5. The van der Waals surface area contributed by atoms with E-state index in [9.17, 15) is 9.59 Å². The van der Waals surface area contributed by atoms with E-state index in [1.165, 1.54) is 4.90 Å². The molecular formula is C20H18ClN3O2. The molecule has 1 N–H and O–H groups in total. The van der Waals surface area contributed by atoms with E-state index in [2.05, 4.69) is 5.32 Å². The average Bonchev–Trinajstić information content (AvgIpc) is 3.16. The molecule has 1 heterocycles. The third kappa shape index (κ3) is 3.78. The monoisotopic (exact) mass is 367 g/mol. The summed E-state index contributed by atoms with van der Waals surface area (Å²) in [5, 5.41) is 3.09. The molecule has 0 aliphatic carbocycles. The fourth-order valence-corrected chi connectivity index (χ4v) is 2.76. The molecule has 0 radical (unpaired) electrons. The minimum absolute atomic E-state index is 0.187. The molecule has 0 spiro atoms. The quantitative estimate of drug-likeness (QED) is 0.755. The standard InChI is InChI=1S/C20H18ClN3O2/c1-23(2)20(26)17-10-7-15(13-18(17)21)22-19(25)14-5-8-16(9-6-14)24-11-3-4-12-24/h3-13H,1-2H3,(H,22,25). The number of nitrogens with zero attached hydrogens (tertiary/aromatic N) is 2. The van der Waals surface area contributed by atoms with Crippen molar-refractivity contribution in [2.45, 2.75) is 0 Å². The number of anilines is 1. The number of nitrogens with one attached hydrogen (secondary N) is 1. The van der Waals surface area contributed by atoms with E-state index in [0.717, 1.165) is 5.69 Å². The van der Waals surface area contributed by atoms with Gasteiger partial charge in [0, 0.05) is 43.4 Å². The molecule has 3 aromatic rings. The van der Waals surface area contributed by atoms with Crippen molar-refractivity contribution in [3.63, 3.8) is 0 Å². The summed E-state index contributed by atoms with van der Waals surface area (Å²) in [6, 6.07) is 16.0. The Morgan fingerprint density at radius 2 is 1.65 bits per heavy atom. The number of aromatic nitrogens is 1. The van der Waals surface area contributed by atoms with Crippen molar-refractivity contribution in [3.8, 4) is 5.69 Å². The molecule has 0 saturated carbocycles. The molecule has 2 aromatic carbocycles. The van der Waals surface area contributed by atoms with Gasteiger partial charge in [-0.3, -0.25) is 9.59 Å². The smallest absolute Gasteiger partial charge is 0.255 e. The van der Waals surface area contributed by atoms with Gasteiger partial charge in [-0.2, -0.15) is 0 Å². The zero-order valence-corrected chi connectivity index (χ0v) is 15.2. The zero-order valence-electron chi connectivity index (χ0n) is 14.4. The van der Waals surface area contributed by atoms with Crippen molar-refractivity contribution in [3.05, 3.63) is 83.1 Å². The van der Waals surface area contributed by atoms with Crippen molar-refractivity contribution < 1.29 is 9.59 Å². The van der Waals surface area contributed by atoms with Crippen molar-refractivity contribution in [2.75, 3.05) is 19.4 Å². The Morgan fingerprint density at radius 1 is 1.00 bits per heavy atom. The molecule has 0 atom stereocenters. The lowest BCUT2D eigenvalue weighted by Gasteiger charge is -2.13. The highest BCUT2D eigenvalue weighted by molar-refractivity contribution is 6.34. The number of halogens is 1. The number of hydrogen-bond acceptors (Lipinski definition) is 2. The molecule has 1 aromatic heterocycles. The Morgan fingerprint density at radius 3 is 2.23 bits per heavy atom. The topological polar surface area (TPSA) is 54.3 Å². The number of rotatable bonds is 4.